The van der Waals surface area contributed by atoms with Crippen LogP contribution >= 0.6 is 12.2 Å². The van der Waals surface area contributed by atoms with Crippen LogP contribution in [-0.2, 0) is 0 Å². The molecule has 4 rings (SSSR count). The van der Waals surface area contributed by atoms with Crippen LogP contribution in [0, 0.1) is 20.8 Å². The molecule has 4 nitrogen and oxygen atoms in total. The van der Waals surface area contributed by atoms with Crippen molar-refractivity contribution in [1.82, 2.24) is 19.8 Å². The molecule has 2 atom stereocenters. The molecule has 0 aliphatic carbocycles. The van der Waals surface area contributed by atoms with Gasteiger partial charge in [-0.3, -0.25) is 4.98 Å². The van der Waals surface area contributed by atoms with E-state index in [0.29, 0.717) is 0 Å². The maximum Gasteiger partial charge on any atom is 0.170 e. The summed E-state index contributed by atoms with van der Waals surface area (Å²) in [5, 5.41) is 4.39. The maximum atomic E-state index is 5.79. The minimum Gasteiger partial charge on any atom is -0.352 e. The molecule has 1 saturated heterocycles. The molecule has 3 aromatic rings. The summed E-state index contributed by atoms with van der Waals surface area (Å²) in [6, 6.07) is 17.2. The molecule has 0 bridgehead atoms. The molecule has 1 N–H and O–H groups in total. The molecule has 0 amide bonds. The van der Waals surface area contributed by atoms with Crippen LogP contribution in [0.5, 0.6) is 0 Å². The number of pyridine rings is 1. The molecular formula is C25H30N4S. The number of nitrogens with one attached hydrogen (secondary N) is 1. The average molecular weight is 419 g/mol. The lowest BCUT2D eigenvalue weighted by Crippen LogP contribution is -2.30. The quantitative estimate of drug-likeness (QED) is 0.531. The molecule has 0 radical (unpaired) electrons. The number of rotatable bonds is 6. The van der Waals surface area contributed by atoms with E-state index in [-0.39, 0.29) is 12.1 Å². The Kier molecular flexibility index (Phi) is 5.91. The standard InChI is InChI=1S/C25H30N4S/c1-5-6-15-28-24(23(27-25(28)30)21-12-9-10-14-26-21)20-16-18(3)29(19(20)4)22-13-8-7-11-17(22)2/h7-14,16,23-24H,5-6,15H2,1-4H3,(H,27,30)/t23-,24-/m1/s1. The highest BCUT2D eigenvalue weighted by atomic mass is 32.1. The van der Waals surface area contributed by atoms with Crippen LogP contribution in [0.2, 0.25) is 0 Å². The Bertz CT molecular complexity index is 1040. The van der Waals surface area contributed by atoms with Crippen molar-refractivity contribution in [3.8, 4) is 5.69 Å². The van der Waals surface area contributed by atoms with Gasteiger partial charge in [0.15, 0.2) is 5.11 Å². The Morgan fingerprint density at radius 3 is 2.53 bits per heavy atom. The molecule has 156 valence electrons. The summed E-state index contributed by atoms with van der Waals surface area (Å²) in [7, 11) is 0. The van der Waals surface area contributed by atoms with Crippen molar-refractivity contribution in [2.75, 3.05) is 6.54 Å². The van der Waals surface area contributed by atoms with Crippen LogP contribution in [0.4, 0.5) is 0 Å². The van der Waals surface area contributed by atoms with Gasteiger partial charge in [-0.1, -0.05) is 37.6 Å². The largest absolute Gasteiger partial charge is 0.352 e. The summed E-state index contributed by atoms with van der Waals surface area (Å²) in [6.07, 6.45) is 4.12. The predicted octanol–water partition coefficient (Wildman–Crippen LogP) is 5.57. The fraction of sp³-hybridized carbons (Fsp3) is 0.360. The van der Waals surface area contributed by atoms with Crippen LogP contribution < -0.4 is 5.32 Å². The number of thiocarbonyl (C=S) groups is 1. The summed E-state index contributed by atoms with van der Waals surface area (Å²) in [5.74, 6) is 0. The Hall–Kier alpha value is -2.66. The smallest absolute Gasteiger partial charge is 0.170 e. The van der Waals surface area contributed by atoms with Crippen molar-refractivity contribution < 1.29 is 0 Å². The molecule has 1 fully saturated rings. The molecule has 0 unspecified atom stereocenters. The second kappa shape index (κ2) is 8.60. The van der Waals surface area contributed by atoms with Gasteiger partial charge in [0.2, 0.25) is 0 Å². The van der Waals surface area contributed by atoms with Gasteiger partial charge in [0.25, 0.3) is 0 Å². The van der Waals surface area contributed by atoms with Crippen LogP contribution in [0.15, 0.2) is 54.7 Å². The number of para-hydroxylation sites is 1. The average Bonchev–Trinajstić information content (AvgIpc) is 3.23. The molecular weight excluding hydrogens is 388 g/mol. The minimum absolute atomic E-state index is 0.0429. The van der Waals surface area contributed by atoms with Crippen LogP contribution in [-0.4, -0.2) is 26.1 Å². The monoisotopic (exact) mass is 418 g/mol. The van der Waals surface area contributed by atoms with Crippen LogP contribution in [0.1, 0.15) is 60.1 Å². The lowest BCUT2D eigenvalue weighted by atomic mass is 9.96. The van der Waals surface area contributed by atoms with Gasteiger partial charge in [-0.25, -0.2) is 0 Å². The lowest BCUT2D eigenvalue weighted by Gasteiger charge is -2.28. The van der Waals surface area contributed by atoms with Gasteiger partial charge in [0.05, 0.1) is 17.8 Å². The second-order valence-corrected chi connectivity index (χ2v) is 8.51. The van der Waals surface area contributed by atoms with Crippen molar-refractivity contribution >= 4 is 17.3 Å². The normalized spacial score (nSPS) is 18.7. The highest BCUT2D eigenvalue weighted by Gasteiger charge is 2.41. The van der Waals surface area contributed by atoms with Gasteiger partial charge in [-0.05, 0) is 74.8 Å². The van der Waals surface area contributed by atoms with Gasteiger partial charge >= 0.3 is 0 Å². The zero-order chi connectivity index (χ0) is 21.3. The molecule has 5 heteroatoms. The summed E-state index contributed by atoms with van der Waals surface area (Å²) in [6.45, 7) is 9.76. The van der Waals surface area contributed by atoms with E-state index >= 15 is 0 Å². The first-order chi connectivity index (χ1) is 14.5. The Balaban J connectivity index is 1.83. The third kappa shape index (κ3) is 3.63. The van der Waals surface area contributed by atoms with Crippen molar-refractivity contribution in [3.05, 3.63) is 82.9 Å². The van der Waals surface area contributed by atoms with Gasteiger partial charge in [-0.15, -0.1) is 0 Å². The van der Waals surface area contributed by atoms with Gasteiger partial charge in [0.1, 0.15) is 0 Å². The summed E-state index contributed by atoms with van der Waals surface area (Å²) in [4.78, 5) is 7.02. The predicted molar refractivity (Wildman–Crippen MR) is 127 cm³/mol. The number of hydrogen-bond donors (Lipinski definition) is 1. The topological polar surface area (TPSA) is 33.1 Å². The number of aryl methyl sites for hydroxylation is 2. The SMILES string of the molecule is CCCCN1C(=S)N[C@H](c2ccccn2)[C@H]1c1cc(C)n(-c2ccccc2C)c1C. The van der Waals surface area contributed by atoms with E-state index in [4.69, 9.17) is 12.2 Å². The molecule has 1 aliphatic rings. The Labute approximate surface area is 184 Å². The van der Waals surface area contributed by atoms with Crippen LogP contribution in [0.3, 0.4) is 0 Å². The van der Waals surface area contributed by atoms with Gasteiger partial charge < -0.3 is 14.8 Å². The zero-order valence-corrected chi connectivity index (χ0v) is 19.0. The number of benzene rings is 1. The van der Waals surface area contributed by atoms with Crippen molar-refractivity contribution in [3.63, 3.8) is 0 Å². The van der Waals surface area contributed by atoms with E-state index in [9.17, 15) is 0 Å². The molecule has 2 aromatic heterocycles. The lowest BCUT2D eigenvalue weighted by molar-refractivity contribution is 0.312. The van der Waals surface area contributed by atoms with E-state index in [0.717, 1.165) is 30.2 Å². The summed E-state index contributed by atoms with van der Waals surface area (Å²) < 4.78 is 2.37. The molecule has 1 aromatic carbocycles. The molecule has 3 heterocycles. The second-order valence-electron chi connectivity index (χ2n) is 8.12. The van der Waals surface area contributed by atoms with E-state index in [2.05, 4.69) is 89.9 Å². The third-order valence-corrected chi connectivity index (χ3v) is 6.45. The third-order valence-electron chi connectivity index (χ3n) is 6.10. The number of nitrogens with zero attached hydrogens (tertiary/aromatic N) is 3. The first kappa shape index (κ1) is 20.6. The maximum absolute atomic E-state index is 5.79. The molecule has 30 heavy (non-hydrogen) atoms. The number of aromatic nitrogens is 2. The van der Waals surface area contributed by atoms with E-state index in [1.54, 1.807) is 0 Å². The van der Waals surface area contributed by atoms with Crippen LogP contribution in [0.25, 0.3) is 5.69 Å². The van der Waals surface area contributed by atoms with E-state index in [1.807, 2.05) is 12.3 Å². The first-order valence-corrected chi connectivity index (χ1v) is 11.2. The van der Waals surface area contributed by atoms with E-state index < -0.39 is 0 Å². The minimum atomic E-state index is 0.0429. The Morgan fingerprint density at radius 2 is 1.83 bits per heavy atom. The fourth-order valence-electron chi connectivity index (χ4n) is 4.59. The van der Waals surface area contributed by atoms with Crippen molar-refractivity contribution in [2.24, 2.45) is 0 Å². The summed E-state index contributed by atoms with van der Waals surface area (Å²) in [5.41, 5.74) is 7.36. The molecule has 0 saturated carbocycles. The first-order valence-electron chi connectivity index (χ1n) is 10.8. The summed E-state index contributed by atoms with van der Waals surface area (Å²) >= 11 is 5.79. The number of hydrogen-bond acceptors (Lipinski definition) is 2. The molecule has 0 spiro atoms. The zero-order valence-electron chi connectivity index (χ0n) is 18.2. The van der Waals surface area contributed by atoms with Crippen molar-refractivity contribution in [1.29, 1.82) is 0 Å². The fourth-order valence-corrected chi connectivity index (χ4v) is 4.92. The molecule has 1 aliphatic heterocycles. The Morgan fingerprint density at radius 1 is 1.07 bits per heavy atom. The van der Waals surface area contributed by atoms with E-state index in [1.165, 1.54) is 28.2 Å². The number of unbranched alkanes of at least 4 members (excludes halogenated alkanes) is 1. The highest BCUT2D eigenvalue weighted by Crippen LogP contribution is 2.41. The highest BCUT2D eigenvalue weighted by molar-refractivity contribution is 7.80. The van der Waals surface area contributed by atoms with Crippen molar-refractivity contribution in [2.45, 2.75) is 52.6 Å². The van der Waals surface area contributed by atoms with Gasteiger partial charge in [0, 0.05) is 29.8 Å². The van der Waals surface area contributed by atoms with Gasteiger partial charge in [-0.2, -0.15) is 0 Å².